The van der Waals surface area contributed by atoms with Crippen LogP contribution < -0.4 is 5.32 Å². The highest BCUT2D eigenvalue weighted by Gasteiger charge is 2.35. The first kappa shape index (κ1) is 15.0. The maximum absolute atomic E-state index is 13.0. The summed E-state index contributed by atoms with van der Waals surface area (Å²) in [6.45, 7) is 2.81. The second-order valence-corrected chi connectivity index (χ2v) is 5.41. The van der Waals surface area contributed by atoms with E-state index in [9.17, 15) is 9.18 Å². The SMILES string of the molecule is CCCC(=O)OC1(Cc2ccc(F)cc2)CCCCN1. The topological polar surface area (TPSA) is 38.3 Å². The van der Waals surface area contributed by atoms with Gasteiger partial charge < -0.3 is 4.74 Å². The first-order chi connectivity index (χ1) is 9.63. The van der Waals surface area contributed by atoms with Crippen LogP contribution in [0.2, 0.25) is 0 Å². The number of piperidine rings is 1. The number of ether oxygens (including phenoxy) is 1. The van der Waals surface area contributed by atoms with Gasteiger partial charge in [-0.2, -0.15) is 0 Å². The normalized spacial score (nSPS) is 22.5. The standard InChI is InChI=1S/C16H22FNO2/c1-2-5-15(19)20-16(10-3-4-11-18-16)12-13-6-8-14(17)9-7-13/h6-9,18H,2-5,10-12H2,1H3. The number of esters is 1. The molecule has 20 heavy (non-hydrogen) atoms. The van der Waals surface area contributed by atoms with Gasteiger partial charge in [0.15, 0.2) is 5.72 Å². The predicted molar refractivity (Wildman–Crippen MR) is 75.7 cm³/mol. The summed E-state index contributed by atoms with van der Waals surface area (Å²) >= 11 is 0. The molecule has 1 aliphatic heterocycles. The molecule has 3 nitrogen and oxygen atoms in total. The number of benzene rings is 1. The molecule has 1 fully saturated rings. The van der Waals surface area contributed by atoms with Crippen molar-refractivity contribution in [3.8, 4) is 0 Å². The Labute approximate surface area is 119 Å². The third-order valence-electron chi connectivity index (χ3n) is 3.62. The van der Waals surface area contributed by atoms with Gasteiger partial charge in [-0.25, -0.2) is 4.39 Å². The Bertz CT molecular complexity index is 438. The highest BCUT2D eigenvalue weighted by molar-refractivity contribution is 5.69. The van der Waals surface area contributed by atoms with Gasteiger partial charge in [0.2, 0.25) is 0 Å². The van der Waals surface area contributed by atoms with E-state index >= 15 is 0 Å². The lowest BCUT2D eigenvalue weighted by molar-refractivity contribution is -0.166. The van der Waals surface area contributed by atoms with Crippen molar-refractivity contribution in [3.63, 3.8) is 0 Å². The van der Waals surface area contributed by atoms with Gasteiger partial charge in [0, 0.05) is 19.3 Å². The molecule has 1 aromatic rings. The summed E-state index contributed by atoms with van der Waals surface area (Å²) in [6.07, 6.45) is 4.74. The Morgan fingerprint density at radius 3 is 2.70 bits per heavy atom. The van der Waals surface area contributed by atoms with Gasteiger partial charge in [0.1, 0.15) is 5.82 Å². The number of hydrogen-bond acceptors (Lipinski definition) is 3. The Balaban J connectivity index is 2.09. The maximum Gasteiger partial charge on any atom is 0.307 e. The average Bonchev–Trinajstić information content (AvgIpc) is 2.42. The predicted octanol–water partition coefficient (Wildman–Crippen LogP) is 3.18. The number of rotatable bonds is 5. The lowest BCUT2D eigenvalue weighted by Gasteiger charge is -2.38. The largest absolute Gasteiger partial charge is 0.444 e. The number of halogens is 1. The van der Waals surface area contributed by atoms with E-state index < -0.39 is 5.72 Å². The lowest BCUT2D eigenvalue weighted by Crippen LogP contribution is -2.53. The van der Waals surface area contributed by atoms with Crippen LogP contribution >= 0.6 is 0 Å². The molecule has 1 saturated heterocycles. The molecule has 0 amide bonds. The third kappa shape index (κ3) is 4.04. The number of hydrogen-bond donors (Lipinski definition) is 1. The molecule has 2 rings (SSSR count). The van der Waals surface area contributed by atoms with E-state index in [0.29, 0.717) is 12.8 Å². The van der Waals surface area contributed by atoms with Crippen molar-refractivity contribution in [3.05, 3.63) is 35.6 Å². The maximum atomic E-state index is 13.0. The van der Waals surface area contributed by atoms with Crippen molar-refractivity contribution in [1.82, 2.24) is 5.32 Å². The Morgan fingerprint density at radius 2 is 2.10 bits per heavy atom. The van der Waals surface area contributed by atoms with Crippen LogP contribution in [0.4, 0.5) is 4.39 Å². The molecule has 0 aliphatic carbocycles. The highest BCUT2D eigenvalue weighted by Crippen LogP contribution is 2.26. The smallest absolute Gasteiger partial charge is 0.307 e. The van der Waals surface area contributed by atoms with Gasteiger partial charge in [0.05, 0.1) is 0 Å². The summed E-state index contributed by atoms with van der Waals surface area (Å²) in [7, 11) is 0. The van der Waals surface area contributed by atoms with E-state index in [2.05, 4.69) is 5.32 Å². The Kier molecular flexibility index (Phi) is 5.12. The fourth-order valence-electron chi connectivity index (χ4n) is 2.62. The van der Waals surface area contributed by atoms with E-state index in [0.717, 1.165) is 37.8 Å². The van der Waals surface area contributed by atoms with Crippen LogP contribution in [-0.2, 0) is 16.0 Å². The third-order valence-corrected chi connectivity index (χ3v) is 3.62. The second-order valence-electron chi connectivity index (χ2n) is 5.41. The van der Waals surface area contributed by atoms with Gasteiger partial charge in [0.25, 0.3) is 0 Å². The van der Waals surface area contributed by atoms with Gasteiger partial charge in [-0.3, -0.25) is 10.1 Å². The van der Waals surface area contributed by atoms with Crippen molar-refractivity contribution in [2.24, 2.45) is 0 Å². The van der Waals surface area contributed by atoms with Crippen molar-refractivity contribution >= 4 is 5.97 Å². The molecule has 4 heteroatoms. The fraction of sp³-hybridized carbons (Fsp3) is 0.562. The quantitative estimate of drug-likeness (QED) is 0.841. The molecule has 0 radical (unpaired) electrons. The van der Waals surface area contributed by atoms with Crippen LogP contribution in [0.15, 0.2) is 24.3 Å². The summed E-state index contributed by atoms with van der Waals surface area (Å²) in [5.74, 6) is -0.411. The molecular weight excluding hydrogens is 257 g/mol. The molecule has 0 bridgehead atoms. The monoisotopic (exact) mass is 279 g/mol. The van der Waals surface area contributed by atoms with E-state index in [-0.39, 0.29) is 11.8 Å². The zero-order valence-corrected chi connectivity index (χ0v) is 12.0. The first-order valence-corrected chi connectivity index (χ1v) is 7.35. The van der Waals surface area contributed by atoms with Crippen LogP contribution in [0.3, 0.4) is 0 Å². The molecule has 1 aromatic carbocycles. The van der Waals surface area contributed by atoms with Gasteiger partial charge >= 0.3 is 5.97 Å². The van der Waals surface area contributed by atoms with E-state index in [1.54, 1.807) is 12.1 Å². The van der Waals surface area contributed by atoms with Crippen LogP contribution in [0, 0.1) is 5.82 Å². The Morgan fingerprint density at radius 1 is 1.35 bits per heavy atom. The summed E-state index contributed by atoms with van der Waals surface area (Å²) in [4.78, 5) is 11.8. The fourth-order valence-corrected chi connectivity index (χ4v) is 2.62. The summed E-state index contributed by atoms with van der Waals surface area (Å²) < 4.78 is 18.7. The molecule has 1 unspecified atom stereocenters. The van der Waals surface area contributed by atoms with Crippen molar-refractivity contribution < 1.29 is 13.9 Å². The van der Waals surface area contributed by atoms with Crippen LogP contribution in [-0.4, -0.2) is 18.2 Å². The molecule has 1 aliphatic rings. The Hall–Kier alpha value is -1.42. The molecular formula is C16H22FNO2. The molecule has 1 atom stereocenters. The second kappa shape index (κ2) is 6.84. The zero-order valence-electron chi connectivity index (χ0n) is 12.0. The number of nitrogens with one attached hydrogen (secondary N) is 1. The van der Waals surface area contributed by atoms with E-state index in [1.165, 1.54) is 12.1 Å². The molecule has 1 heterocycles. The minimum Gasteiger partial charge on any atom is -0.444 e. The van der Waals surface area contributed by atoms with Gasteiger partial charge in [-0.1, -0.05) is 19.1 Å². The lowest BCUT2D eigenvalue weighted by atomic mass is 9.93. The molecule has 0 spiro atoms. The van der Waals surface area contributed by atoms with Gasteiger partial charge in [-0.15, -0.1) is 0 Å². The molecule has 1 N–H and O–H groups in total. The van der Waals surface area contributed by atoms with Crippen LogP contribution in [0.5, 0.6) is 0 Å². The van der Waals surface area contributed by atoms with Crippen molar-refractivity contribution in [2.45, 2.75) is 51.2 Å². The molecule has 110 valence electrons. The van der Waals surface area contributed by atoms with E-state index in [4.69, 9.17) is 4.74 Å². The highest BCUT2D eigenvalue weighted by atomic mass is 19.1. The minimum atomic E-state index is -0.623. The van der Waals surface area contributed by atoms with Crippen molar-refractivity contribution in [2.75, 3.05) is 6.54 Å². The molecule has 0 aromatic heterocycles. The minimum absolute atomic E-state index is 0.163. The number of carbonyl (C=O) groups excluding carboxylic acids is 1. The van der Waals surface area contributed by atoms with Gasteiger partial charge in [-0.05, 0) is 43.5 Å². The summed E-state index contributed by atoms with van der Waals surface area (Å²) in [5, 5.41) is 3.35. The van der Waals surface area contributed by atoms with Crippen molar-refractivity contribution in [1.29, 1.82) is 0 Å². The number of carbonyl (C=O) groups is 1. The zero-order chi connectivity index (χ0) is 14.4. The van der Waals surface area contributed by atoms with Crippen LogP contribution in [0.25, 0.3) is 0 Å². The summed E-state index contributed by atoms with van der Waals surface area (Å²) in [5.41, 5.74) is 0.354. The molecule has 0 saturated carbocycles. The summed E-state index contributed by atoms with van der Waals surface area (Å²) in [6, 6.07) is 6.39. The van der Waals surface area contributed by atoms with Crippen LogP contribution in [0.1, 0.15) is 44.6 Å². The van der Waals surface area contributed by atoms with E-state index in [1.807, 2.05) is 6.92 Å². The average molecular weight is 279 g/mol. The first-order valence-electron chi connectivity index (χ1n) is 7.35.